The minimum atomic E-state index is -0.261. The minimum absolute atomic E-state index is 0.142. The number of thiazole rings is 1. The molecule has 1 unspecified atom stereocenters. The third-order valence-corrected chi connectivity index (χ3v) is 5.37. The Morgan fingerprint density at radius 3 is 2.58 bits per heavy atom. The number of benzene rings is 1. The molecule has 6 heteroatoms. The fraction of sp³-hybridized carbons (Fsp3) is 0.300. The molecule has 2 aromatic heterocycles. The number of hydrogen-bond acceptors (Lipinski definition) is 4. The van der Waals surface area contributed by atoms with Gasteiger partial charge in [0.1, 0.15) is 22.2 Å². The van der Waals surface area contributed by atoms with Crippen molar-refractivity contribution in [1.82, 2.24) is 10.3 Å². The lowest BCUT2D eigenvalue weighted by molar-refractivity contribution is 0.0943. The number of nitrogens with zero attached hydrogens (tertiary/aromatic N) is 1. The summed E-state index contributed by atoms with van der Waals surface area (Å²) >= 11 is 1.37. The second-order valence-corrected chi connectivity index (χ2v) is 7.47. The van der Waals surface area contributed by atoms with Gasteiger partial charge in [-0.05, 0) is 51.5 Å². The minimum Gasteiger partial charge on any atom is -0.466 e. The molecule has 0 aliphatic heterocycles. The number of hydrogen-bond donors (Lipinski definition) is 1. The van der Waals surface area contributed by atoms with Crippen LogP contribution >= 0.6 is 11.3 Å². The van der Waals surface area contributed by atoms with Gasteiger partial charge in [-0.15, -0.1) is 11.3 Å². The molecule has 0 radical (unpaired) electrons. The normalized spacial score (nSPS) is 12.2. The van der Waals surface area contributed by atoms with E-state index in [0.717, 1.165) is 27.7 Å². The van der Waals surface area contributed by atoms with Crippen LogP contribution in [0, 0.1) is 26.6 Å². The lowest BCUT2D eigenvalue weighted by Gasteiger charge is -2.12. The number of amides is 1. The molecule has 3 aromatic rings. The molecule has 3 rings (SSSR count). The summed E-state index contributed by atoms with van der Waals surface area (Å²) in [5.41, 5.74) is 2.64. The molecule has 1 aromatic carbocycles. The highest BCUT2D eigenvalue weighted by molar-refractivity contribution is 7.13. The van der Waals surface area contributed by atoms with Crippen LogP contribution in [0.15, 0.2) is 34.7 Å². The quantitative estimate of drug-likeness (QED) is 0.694. The van der Waals surface area contributed by atoms with Crippen molar-refractivity contribution in [1.29, 1.82) is 0 Å². The number of furan rings is 1. The Bertz CT molecular complexity index is 928. The number of carbonyl (C=O) groups is 1. The maximum atomic E-state index is 13.0. The molecule has 2 heterocycles. The summed E-state index contributed by atoms with van der Waals surface area (Å²) in [5.74, 6) is 1.24. The Labute approximate surface area is 156 Å². The van der Waals surface area contributed by atoms with Crippen molar-refractivity contribution in [2.45, 2.75) is 40.2 Å². The Balaban J connectivity index is 1.72. The van der Waals surface area contributed by atoms with E-state index in [-0.39, 0.29) is 17.8 Å². The van der Waals surface area contributed by atoms with Gasteiger partial charge in [-0.2, -0.15) is 0 Å². The first-order chi connectivity index (χ1) is 12.3. The Hall–Kier alpha value is -2.47. The van der Waals surface area contributed by atoms with Crippen LogP contribution in [0.2, 0.25) is 0 Å². The zero-order valence-electron chi connectivity index (χ0n) is 15.2. The SMILES string of the molecule is Cc1cc(C(C)NC(=O)c2sc(Cc3ccc(F)cc3)nc2C)c(C)o1. The molecule has 0 saturated heterocycles. The predicted octanol–water partition coefficient (Wildman–Crippen LogP) is 4.88. The monoisotopic (exact) mass is 372 g/mol. The number of carbonyl (C=O) groups excluding carboxylic acids is 1. The number of aryl methyl sites for hydroxylation is 3. The van der Waals surface area contributed by atoms with Crippen molar-refractivity contribution in [3.8, 4) is 0 Å². The average molecular weight is 372 g/mol. The van der Waals surface area contributed by atoms with Crippen LogP contribution in [0.3, 0.4) is 0 Å². The third kappa shape index (κ3) is 4.02. The molecule has 0 aliphatic carbocycles. The maximum Gasteiger partial charge on any atom is 0.263 e. The van der Waals surface area contributed by atoms with Crippen LogP contribution in [0.1, 0.15) is 56.0 Å². The highest BCUT2D eigenvalue weighted by Crippen LogP contribution is 2.24. The fourth-order valence-electron chi connectivity index (χ4n) is 2.94. The molecule has 1 amide bonds. The molecule has 1 atom stereocenters. The molecule has 136 valence electrons. The Kier molecular flexibility index (Phi) is 5.23. The molecular formula is C20H21FN2O2S. The lowest BCUT2D eigenvalue weighted by atomic mass is 10.1. The van der Waals surface area contributed by atoms with E-state index in [1.807, 2.05) is 33.8 Å². The van der Waals surface area contributed by atoms with Crippen molar-refractivity contribution in [3.05, 3.63) is 74.4 Å². The zero-order valence-corrected chi connectivity index (χ0v) is 16.0. The second-order valence-electron chi connectivity index (χ2n) is 6.39. The van der Waals surface area contributed by atoms with Crippen molar-refractivity contribution < 1.29 is 13.6 Å². The van der Waals surface area contributed by atoms with Gasteiger partial charge in [0.25, 0.3) is 5.91 Å². The van der Waals surface area contributed by atoms with Gasteiger partial charge in [-0.25, -0.2) is 9.37 Å². The van der Waals surface area contributed by atoms with E-state index in [1.54, 1.807) is 12.1 Å². The van der Waals surface area contributed by atoms with Crippen LogP contribution in [0.5, 0.6) is 0 Å². The van der Waals surface area contributed by atoms with Gasteiger partial charge < -0.3 is 9.73 Å². The molecule has 0 aliphatic rings. The average Bonchev–Trinajstić information content (AvgIpc) is 3.11. The lowest BCUT2D eigenvalue weighted by Crippen LogP contribution is -2.26. The molecule has 0 saturated carbocycles. The van der Waals surface area contributed by atoms with Crippen molar-refractivity contribution >= 4 is 17.2 Å². The van der Waals surface area contributed by atoms with Crippen LogP contribution < -0.4 is 5.32 Å². The van der Waals surface area contributed by atoms with Crippen LogP contribution in [-0.2, 0) is 6.42 Å². The van der Waals surface area contributed by atoms with Gasteiger partial charge in [-0.3, -0.25) is 4.79 Å². The topological polar surface area (TPSA) is 55.1 Å². The van der Waals surface area contributed by atoms with E-state index in [2.05, 4.69) is 10.3 Å². The molecule has 4 nitrogen and oxygen atoms in total. The van der Waals surface area contributed by atoms with Gasteiger partial charge in [0, 0.05) is 12.0 Å². The molecule has 0 fully saturated rings. The summed E-state index contributed by atoms with van der Waals surface area (Å²) in [6.07, 6.45) is 0.578. The predicted molar refractivity (Wildman–Crippen MR) is 100 cm³/mol. The summed E-state index contributed by atoms with van der Waals surface area (Å²) in [6.45, 7) is 7.55. The van der Waals surface area contributed by atoms with Crippen LogP contribution in [0.4, 0.5) is 4.39 Å². The van der Waals surface area contributed by atoms with E-state index in [4.69, 9.17) is 4.42 Å². The van der Waals surface area contributed by atoms with Crippen LogP contribution in [0.25, 0.3) is 0 Å². The summed E-state index contributed by atoms with van der Waals surface area (Å²) in [4.78, 5) is 17.8. The largest absolute Gasteiger partial charge is 0.466 e. The van der Waals surface area contributed by atoms with Gasteiger partial charge in [0.05, 0.1) is 16.7 Å². The van der Waals surface area contributed by atoms with Gasteiger partial charge in [0.15, 0.2) is 0 Å². The molecule has 0 bridgehead atoms. The van der Waals surface area contributed by atoms with E-state index in [1.165, 1.54) is 23.5 Å². The third-order valence-electron chi connectivity index (χ3n) is 4.21. The molecule has 1 N–H and O–H groups in total. The summed E-state index contributed by atoms with van der Waals surface area (Å²) in [6, 6.07) is 8.12. The Morgan fingerprint density at radius 2 is 1.96 bits per heavy atom. The summed E-state index contributed by atoms with van der Waals surface area (Å²) < 4.78 is 18.6. The van der Waals surface area contributed by atoms with E-state index in [9.17, 15) is 9.18 Å². The first kappa shape index (κ1) is 18.3. The summed E-state index contributed by atoms with van der Waals surface area (Å²) in [7, 11) is 0. The van der Waals surface area contributed by atoms with Gasteiger partial charge in [-0.1, -0.05) is 12.1 Å². The van der Waals surface area contributed by atoms with Gasteiger partial charge in [0.2, 0.25) is 0 Å². The zero-order chi connectivity index (χ0) is 18.8. The number of aromatic nitrogens is 1. The van der Waals surface area contributed by atoms with Crippen molar-refractivity contribution in [3.63, 3.8) is 0 Å². The number of rotatable bonds is 5. The van der Waals surface area contributed by atoms with E-state index < -0.39 is 0 Å². The second kappa shape index (κ2) is 7.41. The number of nitrogens with one attached hydrogen (secondary N) is 1. The standard InChI is InChI=1S/C20H21FN2O2S/c1-11-9-17(14(4)25-11)12(2)23-20(24)19-13(3)22-18(26-19)10-15-5-7-16(21)8-6-15/h5-9,12H,10H2,1-4H3,(H,23,24). The first-order valence-corrected chi connectivity index (χ1v) is 9.23. The molecule has 26 heavy (non-hydrogen) atoms. The maximum absolute atomic E-state index is 13.0. The molecular weight excluding hydrogens is 351 g/mol. The van der Waals surface area contributed by atoms with E-state index in [0.29, 0.717) is 17.0 Å². The van der Waals surface area contributed by atoms with E-state index >= 15 is 0 Å². The van der Waals surface area contributed by atoms with Crippen LogP contribution in [-0.4, -0.2) is 10.9 Å². The highest BCUT2D eigenvalue weighted by Gasteiger charge is 2.20. The van der Waals surface area contributed by atoms with Crippen molar-refractivity contribution in [2.75, 3.05) is 0 Å². The summed E-state index contributed by atoms with van der Waals surface area (Å²) in [5, 5.41) is 3.85. The van der Waals surface area contributed by atoms with Crippen molar-refractivity contribution in [2.24, 2.45) is 0 Å². The van der Waals surface area contributed by atoms with Gasteiger partial charge >= 0.3 is 0 Å². The Morgan fingerprint density at radius 1 is 1.27 bits per heavy atom. The fourth-order valence-corrected chi connectivity index (χ4v) is 3.94. The molecule has 0 spiro atoms. The first-order valence-electron chi connectivity index (χ1n) is 8.42. The number of halogens is 1. The smallest absolute Gasteiger partial charge is 0.263 e. The highest BCUT2D eigenvalue weighted by atomic mass is 32.1.